The molecule has 2 heterocycles. The van der Waals surface area contributed by atoms with Crippen molar-refractivity contribution in [3.05, 3.63) is 35.5 Å². The van der Waals surface area contributed by atoms with E-state index < -0.39 is 0 Å². The first-order valence-corrected chi connectivity index (χ1v) is 9.29. The second-order valence-corrected chi connectivity index (χ2v) is 7.09. The molecule has 1 N–H and O–H groups in total. The van der Waals surface area contributed by atoms with Crippen molar-refractivity contribution in [1.29, 1.82) is 0 Å². The molecule has 2 bridgehead atoms. The van der Waals surface area contributed by atoms with Crippen LogP contribution in [0.5, 0.6) is 0 Å². The largest absolute Gasteiger partial charge is 0.358 e. The summed E-state index contributed by atoms with van der Waals surface area (Å²) < 4.78 is 0. The van der Waals surface area contributed by atoms with E-state index in [1.807, 2.05) is 19.1 Å². The molecule has 23 heavy (non-hydrogen) atoms. The third kappa shape index (κ3) is 2.09. The minimum Gasteiger partial charge on any atom is -0.358 e. The molecule has 1 aliphatic carbocycles. The van der Waals surface area contributed by atoms with Crippen molar-refractivity contribution < 1.29 is 9.59 Å². The Bertz CT molecular complexity index is 797. The number of carbonyl (C=O) groups excluding carboxylic acids is 2. The van der Waals surface area contributed by atoms with Crippen LogP contribution in [0, 0.1) is 11.8 Å². The van der Waals surface area contributed by atoms with Crippen LogP contribution in [0.15, 0.2) is 24.3 Å². The van der Waals surface area contributed by atoms with Crippen LogP contribution in [0.1, 0.15) is 37.1 Å². The Balaban J connectivity index is 1.91. The van der Waals surface area contributed by atoms with Crippen molar-refractivity contribution in [2.75, 3.05) is 5.33 Å². The molecule has 1 aromatic carbocycles. The molecule has 3 atom stereocenters. The lowest BCUT2D eigenvalue weighted by atomic mass is 9.71. The fourth-order valence-electron chi connectivity index (χ4n) is 4.46. The first-order valence-electron chi connectivity index (χ1n) is 8.17. The summed E-state index contributed by atoms with van der Waals surface area (Å²) in [6, 6.07) is 8.04. The summed E-state index contributed by atoms with van der Waals surface area (Å²) in [6.07, 6.45) is 2.58. The number of fused-ring (bicyclic) bond motifs is 6. The first-order chi connectivity index (χ1) is 11.2. The predicted octanol–water partition coefficient (Wildman–Crippen LogP) is 3.56. The van der Waals surface area contributed by atoms with Gasteiger partial charge in [0.05, 0.1) is 11.4 Å². The molecule has 2 amide bonds. The number of rotatable bonds is 2. The number of piperidine rings is 1. The summed E-state index contributed by atoms with van der Waals surface area (Å²) in [5.74, 6) is 0.162. The van der Waals surface area contributed by atoms with E-state index in [0.29, 0.717) is 5.92 Å². The third-order valence-electron chi connectivity index (χ3n) is 5.41. The summed E-state index contributed by atoms with van der Waals surface area (Å²) in [5, 5.41) is 1.33. The van der Waals surface area contributed by atoms with E-state index in [-0.39, 0.29) is 29.1 Å². The molecule has 3 unspecified atom stereocenters. The molecule has 2 aliphatic rings. The van der Waals surface area contributed by atoms with Gasteiger partial charge in [-0.2, -0.15) is 0 Å². The zero-order valence-electron chi connectivity index (χ0n) is 13.0. The number of H-pyrrole nitrogens is 1. The Kier molecular flexibility index (Phi) is 3.56. The van der Waals surface area contributed by atoms with Gasteiger partial charge >= 0.3 is 0 Å². The van der Waals surface area contributed by atoms with E-state index in [9.17, 15) is 9.59 Å². The molecule has 0 spiro atoms. The van der Waals surface area contributed by atoms with E-state index >= 15 is 0 Å². The van der Waals surface area contributed by atoms with Crippen LogP contribution in [-0.4, -0.2) is 27.0 Å². The lowest BCUT2D eigenvalue weighted by Gasteiger charge is -2.45. The Labute approximate surface area is 143 Å². The number of nitrogens with one attached hydrogen (secondary N) is 1. The maximum atomic E-state index is 12.9. The number of nitrogens with zero attached hydrogens (tertiary/aromatic N) is 1. The zero-order chi connectivity index (χ0) is 16.1. The van der Waals surface area contributed by atoms with E-state index in [1.54, 1.807) is 0 Å². The van der Waals surface area contributed by atoms with E-state index in [0.717, 1.165) is 35.7 Å². The van der Waals surface area contributed by atoms with Crippen molar-refractivity contribution in [2.24, 2.45) is 11.8 Å². The zero-order valence-corrected chi connectivity index (χ0v) is 14.6. The minimum atomic E-state index is -0.130. The van der Waals surface area contributed by atoms with Crippen LogP contribution in [0.2, 0.25) is 0 Å². The molecule has 0 saturated carbocycles. The molecule has 5 heteroatoms. The van der Waals surface area contributed by atoms with E-state index in [1.165, 1.54) is 10.6 Å². The number of carbonyl (C=O) groups is 2. The molecular weight excluding hydrogens is 356 g/mol. The fraction of sp³-hybridized carbons (Fsp3) is 0.444. The SMILES string of the molecule is CCC1C(=O)N(C(=O)CBr)C2CC1Cc1[nH]c3ccccc3c12. The number of aromatic nitrogens is 1. The Morgan fingerprint density at radius 3 is 2.91 bits per heavy atom. The molecule has 4 rings (SSSR count). The van der Waals surface area contributed by atoms with Crippen LogP contribution in [0.4, 0.5) is 0 Å². The monoisotopic (exact) mass is 374 g/mol. The fourth-order valence-corrected chi connectivity index (χ4v) is 4.73. The van der Waals surface area contributed by atoms with Gasteiger partial charge in [0.1, 0.15) is 0 Å². The highest BCUT2D eigenvalue weighted by atomic mass is 79.9. The van der Waals surface area contributed by atoms with Gasteiger partial charge in [-0.3, -0.25) is 14.5 Å². The molecule has 1 aliphatic heterocycles. The number of halogens is 1. The number of likely N-dealkylation sites (tertiary alicyclic amines) is 1. The molecule has 2 aromatic rings. The average Bonchev–Trinajstić information content (AvgIpc) is 2.93. The number of benzene rings is 1. The van der Waals surface area contributed by atoms with Gasteiger partial charge in [0.25, 0.3) is 0 Å². The third-order valence-corrected chi connectivity index (χ3v) is 5.89. The lowest BCUT2D eigenvalue weighted by molar-refractivity contribution is -0.156. The maximum absolute atomic E-state index is 12.9. The van der Waals surface area contributed by atoms with Gasteiger partial charge in [0.15, 0.2) is 0 Å². The van der Waals surface area contributed by atoms with Gasteiger partial charge in [-0.25, -0.2) is 0 Å². The second kappa shape index (κ2) is 5.48. The first kappa shape index (κ1) is 14.9. The van der Waals surface area contributed by atoms with Gasteiger partial charge < -0.3 is 4.98 Å². The number of amides is 2. The molecule has 120 valence electrons. The second-order valence-electron chi connectivity index (χ2n) is 6.53. The van der Waals surface area contributed by atoms with Crippen LogP contribution in [-0.2, 0) is 16.0 Å². The molecular formula is C18H19BrN2O2. The Morgan fingerprint density at radius 2 is 2.17 bits per heavy atom. The highest BCUT2D eigenvalue weighted by molar-refractivity contribution is 9.09. The van der Waals surface area contributed by atoms with E-state index in [4.69, 9.17) is 0 Å². The summed E-state index contributed by atoms with van der Waals surface area (Å²) in [6.45, 7) is 2.04. The molecule has 1 aromatic heterocycles. The number of aromatic amines is 1. The Morgan fingerprint density at radius 1 is 1.39 bits per heavy atom. The average molecular weight is 375 g/mol. The normalized spacial score (nSPS) is 26.4. The van der Waals surface area contributed by atoms with E-state index in [2.05, 4.69) is 33.0 Å². The molecule has 1 saturated heterocycles. The summed E-state index contributed by atoms with van der Waals surface area (Å²) in [5.41, 5.74) is 3.44. The number of para-hydroxylation sites is 1. The van der Waals surface area contributed by atoms with Crippen molar-refractivity contribution in [3.63, 3.8) is 0 Å². The van der Waals surface area contributed by atoms with Gasteiger partial charge in [-0.1, -0.05) is 41.1 Å². The van der Waals surface area contributed by atoms with Crippen molar-refractivity contribution >= 4 is 38.6 Å². The number of hydrogen-bond donors (Lipinski definition) is 1. The van der Waals surface area contributed by atoms with Crippen molar-refractivity contribution in [2.45, 2.75) is 32.2 Å². The lowest BCUT2D eigenvalue weighted by Crippen LogP contribution is -2.52. The number of hydrogen-bond acceptors (Lipinski definition) is 2. The van der Waals surface area contributed by atoms with Crippen LogP contribution >= 0.6 is 15.9 Å². The number of imide groups is 1. The predicted molar refractivity (Wildman–Crippen MR) is 92.3 cm³/mol. The Hall–Kier alpha value is -1.62. The highest BCUT2D eigenvalue weighted by Crippen LogP contribution is 2.48. The number of alkyl halides is 1. The summed E-state index contributed by atoms with van der Waals surface area (Å²) in [4.78, 5) is 30.4. The highest BCUT2D eigenvalue weighted by Gasteiger charge is 2.48. The smallest absolute Gasteiger partial charge is 0.240 e. The topological polar surface area (TPSA) is 53.2 Å². The molecule has 1 fully saturated rings. The summed E-state index contributed by atoms with van der Waals surface area (Å²) >= 11 is 3.24. The molecule has 0 radical (unpaired) electrons. The van der Waals surface area contributed by atoms with Gasteiger partial charge in [-0.15, -0.1) is 0 Å². The summed E-state index contributed by atoms with van der Waals surface area (Å²) in [7, 11) is 0. The van der Waals surface area contributed by atoms with Gasteiger partial charge in [0, 0.05) is 28.1 Å². The van der Waals surface area contributed by atoms with Gasteiger partial charge in [-0.05, 0) is 31.2 Å². The van der Waals surface area contributed by atoms with Crippen LogP contribution < -0.4 is 0 Å². The van der Waals surface area contributed by atoms with Crippen molar-refractivity contribution in [1.82, 2.24) is 9.88 Å². The standard InChI is InChI=1S/C18H19BrN2O2/c1-2-11-10-7-14-17(12-5-3-4-6-13(12)20-14)15(8-10)21(18(11)23)16(22)9-19/h3-6,10-11,15,20H,2,7-9H2,1H3. The minimum absolute atomic E-state index is 0.00845. The van der Waals surface area contributed by atoms with Crippen molar-refractivity contribution in [3.8, 4) is 0 Å². The van der Waals surface area contributed by atoms with Gasteiger partial charge in [0.2, 0.25) is 11.8 Å². The maximum Gasteiger partial charge on any atom is 0.240 e. The van der Waals surface area contributed by atoms with Crippen LogP contribution in [0.25, 0.3) is 10.9 Å². The molecule has 4 nitrogen and oxygen atoms in total. The van der Waals surface area contributed by atoms with Crippen LogP contribution in [0.3, 0.4) is 0 Å². The quantitative estimate of drug-likeness (QED) is 0.816.